The van der Waals surface area contributed by atoms with E-state index in [0.717, 1.165) is 37.2 Å². The van der Waals surface area contributed by atoms with E-state index in [1.807, 2.05) is 13.0 Å². The molecule has 1 aromatic rings. The van der Waals surface area contributed by atoms with Crippen LogP contribution in [0.15, 0.2) is 12.3 Å². The van der Waals surface area contributed by atoms with Gasteiger partial charge in [0.05, 0.1) is 6.10 Å². The second-order valence-corrected chi connectivity index (χ2v) is 5.74. The third kappa shape index (κ3) is 2.38. The topological polar surface area (TPSA) is 53.4 Å². The fraction of sp³-hybridized carbons (Fsp3) is 0.571. The molecule has 4 heteroatoms. The zero-order valence-electron chi connectivity index (χ0n) is 11.2. The van der Waals surface area contributed by atoms with Crippen LogP contribution in [0.25, 0.3) is 0 Å². The van der Waals surface area contributed by atoms with Crippen LogP contribution in [0.5, 0.6) is 0 Å². The van der Waals surface area contributed by atoms with E-state index in [2.05, 4.69) is 23.7 Å². The molecular weight excluding hydrogens is 228 g/mol. The molecule has 1 aromatic heterocycles. The Kier molecular flexibility index (Phi) is 3.39. The van der Waals surface area contributed by atoms with Crippen LogP contribution < -0.4 is 4.90 Å². The predicted molar refractivity (Wildman–Crippen MR) is 71.0 cm³/mol. The average Bonchev–Trinajstić information content (AvgIpc) is 2.32. The van der Waals surface area contributed by atoms with Gasteiger partial charge in [0.15, 0.2) is 6.29 Å². The third-order valence-electron chi connectivity index (χ3n) is 3.68. The average molecular weight is 248 g/mol. The van der Waals surface area contributed by atoms with Gasteiger partial charge in [0.25, 0.3) is 0 Å². The van der Waals surface area contributed by atoms with Crippen molar-refractivity contribution in [2.45, 2.75) is 33.3 Å². The lowest BCUT2D eigenvalue weighted by Gasteiger charge is -2.42. The fourth-order valence-corrected chi connectivity index (χ4v) is 2.51. The largest absolute Gasteiger partial charge is 0.392 e. The van der Waals surface area contributed by atoms with Crippen molar-refractivity contribution in [1.82, 2.24) is 4.98 Å². The van der Waals surface area contributed by atoms with Crippen molar-refractivity contribution in [3.8, 4) is 0 Å². The van der Waals surface area contributed by atoms with Crippen molar-refractivity contribution in [2.75, 3.05) is 18.0 Å². The maximum absolute atomic E-state index is 10.7. The zero-order valence-corrected chi connectivity index (χ0v) is 11.2. The van der Waals surface area contributed by atoms with E-state index < -0.39 is 0 Å². The highest BCUT2D eigenvalue weighted by molar-refractivity contribution is 5.75. The monoisotopic (exact) mass is 248 g/mol. The number of aldehydes is 1. The Labute approximate surface area is 108 Å². The van der Waals surface area contributed by atoms with Gasteiger partial charge in [0.1, 0.15) is 5.82 Å². The Morgan fingerprint density at radius 2 is 2.28 bits per heavy atom. The molecule has 1 atom stereocenters. The minimum Gasteiger partial charge on any atom is -0.392 e. The molecule has 0 aliphatic carbocycles. The summed E-state index contributed by atoms with van der Waals surface area (Å²) in [6.45, 7) is 7.69. The molecule has 98 valence electrons. The maximum Gasteiger partial charge on any atom is 0.151 e. The summed E-state index contributed by atoms with van der Waals surface area (Å²) in [6.07, 6.45) is 2.91. The Bertz CT molecular complexity index is 457. The van der Waals surface area contributed by atoms with Crippen molar-refractivity contribution in [2.24, 2.45) is 5.41 Å². The molecule has 0 aromatic carbocycles. The normalized spacial score (nSPS) is 22.9. The van der Waals surface area contributed by atoms with E-state index in [1.165, 1.54) is 0 Å². The van der Waals surface area contributed by atoms with Crippen molar-refractivity contribution < 1.29 is 9.90 Å². The minimum absolute atomic E-state index is 0.129. The Morgan fingerprint density at radius 1 is 1.56 bits per heavy atom. The van der Waals surface area contributed by atoms with Gasteiger partial charge in [-0.1, -0.05) is 13.8 Å². The van der Waals surface area contributed by atoms with Gasteiger partial charge in [-0.3, -0.25) is 4.79 Å². The number of aliphatic hydroxyl groups excluding tert-OH is 1. The fourth-order valence-electron chi connectivity index (χ4n) is 2.51. The Hall–Kier alpha value is -1.42. The molecule has 0 radical (unpaired) electrons. The summed E-state index contributed by atoms with van der Waals surface area (Å²) in [6, 6.07) is 1.85. The lowest BCUT2D eigenvalue weighted by molar-refractivity contribution is 0.0334. The molecule has 1 fully saturated rings. The summed E-state index contributed by atoms with van der Waals surface area (Å²) in [7, 11) is 0. The predicted octanol–water partition coefficient (Wildman–Crippen LogP) is 1.80. The van der Waals surface area contributed by atoms with Crippen LogP contribution in [0.1, 0.15) is 36.2 Å². The summed E-state index contributed by atoms with van der Waals surface area (Å²) < 4.78 is 0. The van der Waals surface area contributed by atoms with Crippen molar-refractivity contribution >= 4 is 12.1 Å². The van der Waals surface area contributed by atoms with Crippen LogP contribution in [0, 0.1) is 12.3 Å². The number of piperidine rings is 1. The number of carbonyl (C=O) groups is 1. The number of anilines is 1. The molecule has 1 aliphatic heterocycles. The Morgan fingerprint density at radius 3 is 2.83 bits per heavy atom. The van der Waals surface area contributed by atoms with Gasteiger partial charge in [0, 0.05) is 30.3 Å². The maximum atomic E-state index is 10.7. The first-order valence-corrected chi connectivity index (χ1v) is 6.29. The summed E-state index contributed by atoms with van der Waals surface area (Å²) in [4.78, 5) is 17.3. The molecule has 1 unspecified atom stereocenters. The molecule has 0 amide bonds. The van der Waals surface area contributed by atoms with Crippen LogP contribution in [-0.2, 0) is 0 Å². The lowest BCUT2D eigenvalue weighted by atomic mass is 9.81. The number of pyridine rings is 1. The lowest BCUT2D eigenvalue weighted by Crippen LogP contribution is -2.49. The van der Waals surface area contributed by atoms with Crippen LogP contribution in [0.3, 0.4) is 0 Å². The van der Waals surface area contributed by atoms with Gasteiger partial charge in [-0.25, -0.2) is 4.98 Å². The van der Waals surface area contributed by atoms with Gasteiger partial charge in [-0.2, -0.15) is 0 Å². The molecule has 2 heterocycles. The summed E-state index contributed by atoms with van der Waals surface area (Å²) in [5.41, 5.74) is 1.48. The van der Waals surface area contributed by atoms with E-state index in [9.17, 15) is 9.90 Å². The molecule has 2 rings (SSSR count). The van der Waals surface area contributed by atoms with Crippen LogP contribution >= 0.6 is 0 Å². The highest BCUT2D eigenvalue weighted by atomic mass is 16.3. The Balaban J connectivity index is 2.25. The molecule has 0 saturated carbocycles. The minimum atomic E-state index is -0.261. The number of hydrogen-bond donors (Lipinski definition) is 1. The molecule has 1 saturated heterocycles. The number of aryl methyl sites for hydroxylation is 1. The summed E-state index contributed by atoms with van der Waals surface area (Å²) in [5.74, 6) is 0.917. The number of rotatable bonds is 2. The van der Waals surface area contributed by atoms with Gasteiger partial charge < -0.3 is 10.0 Å². The SMILES string of the molecule is Cc1cc(C=O)cnc1N1CCC(O)C(C)(C)C1. The second-order valence-electron chi connectivity index (χ2n) is 5.74. The quantitative estimate of drug-likeness (QED) is 0.811. The van der Waals surface area contributed by atoms with Crippen LogP contribution in [0.2, 0.25) is 0 Å². The van der Waals surface area contributed by atoms with E-state index in [4.69, 9.17) is 0 Å². The summed E-state index contributed by atoms with van der Waals surface area (Å²) in [5, 5.41) is 9.96. The molecule has 0 bridgehead atoms. The molecule has 1 aliphatic rings. The first-order valence-electron chi connectivity index (χ1n) is 6.29. The molecular formula is C14H20N2O2. The van der Waals surface area contributed by atoms with E-state index in [-0.39, 0.29) is 11.5 Å². The highest BCUT2D eigenvalue weighted by Gasteiger charge is 2.35. The summed E-state index contributed by atoms with van der Waals surface area (Å²) >= 11 is 0. The first kappa shape index (κ1) is 13.0. The number of aliphatic hydroxyl groups is 1. The van der Waals surface area contributed by atoms with E-state index in [0.29, 0.717) is 5.56 Å². The standard InChI is InChI=1S/C14H20N2O2/c1-10-6-11(8-17)7-15-13(10)16-5-4-12(18)14(2,3)9-16/h6-8,12,18H,4-5,9H2,1-3H3. The second kappa shape index (κ2) is 4.69. The first-order chi connectivity index (χ1) is 8.44. The van der Waals surface area contributed by atoms with Gasteiger partial charge in [0.2, 0.25) is 0 Å². The van der Waals surface area contributed by atoms with Crippen LogP contribution in [0.4, 0.5) is 5.82 Å². The highest BCUT2D eigenvalue weighted by Crippen LogP contribution is 2.32. The molecule has 1 N–H and O–H groups in total. The van der Waals surface area contributed by atoms with Crippen molar-refractivity contribution in [3.63, 3.8) is 0 Å². The van der Waals surface area contributed by atoms with Crippen LogP contribution in [-0.4, -0.2) is 35.6 Å². The van der Waals surface area contributed by atoms with Crippen molar-refractivity contribution in [1.29, 1.82) is 0 Å². The van der Waals surface area contributed by atoms with Crippen molar-refractivity contribution in [3.05, 3.63) is 23.4 Å². The van der Waals surface area contributed by atoms with Gasteiger partial charge >= 0.3 is 0 Å². The number of nitrogens with zero attached hydrogens (tertiary/aromatic N) is 2. The number of hydrogen-bond acceptors (Lipinski definition) is 4. The van der Waals surface area contributed by atoms with E-state index in [1.54, 1.807) is 6.20 Å². The van der Waals surface area contributed by atoms with Gasteiger partial charge in [-0.15, -0.1) is 0 Å². The number of aromatic nitrogens is 1. The molecule has 18 heavy (non-hydrogen) atoms. The number of carbonyl (C=O) groups excluding carboxylic acids is 1. The third-order valence-corrected chi connectivity index (χ3v) is 3.68. The zero-order chi connectivity index (χ0) is 13.3. The molecule has 0 spiro atoms. The van der Waals surface area contributed by atoms with E-state index >= 15 is 0 Å². The smallest absolute Gasteiger partial charge is 0.151 e. The van der Waals surface area contributed by atoms with Gasteiger partial charge in [-0.05, 0) is 25.0 Å². The molecule has 4 nitrogen and oxygen atoms in total.